The van der Waals surface area contributed by atoms with Gasteiger partial charge in [0, 0.05) is 17.4 Å². The third-order valence-electron chi connectivity index (χ3n) is 3.53. The zero-order valence-electron chi connectivity index (χ0n) is 14.5. The Labute approximate surface area is 167 Å². The molecule has 0 aliphatic heterocycles. The van der Waals surface area contributed by atoms with Crippen LogP contribution in [-0.4, -0.2) is 16.0 Å². The van der Waals surface area contributed by atoms with Gasteiger partial charge >= 0.3 is 12.2 Å². The maximum atomic E-state index is 12.9. The standard InChI is InChI=1S/C18H13ClF3N5O2/c19-14-6-3-11(7-13(14)18(20,21)22)27-17(28)26-10-1-4-12(5-2-10)29-16-8-15(23)24-9-25-16/h1-9H,(H2,23,24,25)(H2,26,27,28). The lowest BCUT2D eigenvalue weighted by atomic mass is 10.2. The Balaban J connectivity index is 1.62. The van der Waals surface area contributed by atoms with Crippen LogP contribution in [0.3, 0.4) is 0 Å². The monoisotopic (exact) mass is 423 g/mol. The van der Waals surface area contributed by atoms with Gasteiger partial charge in [-0.25, -0.2) is 14.8 Å². The third kappa shape index (κ3) is 5.48. The molecule has 0 radical (unpaired) electrons. The number of urea groups is 1. The highest BCUT2D eigenvalue weighted by Crippen LogP contribution is 2.36. The predicted octanol–water partition coefficient (Wildman–Crippen LogP) is 5.17. The largest absolute Gasteiger partial charge is 0.439 e. The Morgan fingerprint density at radius 3 is 2.31 bits per heavy atom. The normalized spacial score (nSPS) is 11.0. The maximum absolute atomic E-state index is 12.9. The van der Waals surface area contributed by atoms with Crippen molar-refractivity contribution >= 4 is 34.8 Å². The maximum Gasteiger partial charge on any atom is 0.417 e. The van der Waals surface area contributed by atoms with E-state index in [1.807, 2.05) is 0 Å². The number of carbonyl (C=O) groups is 1. The zero-order valence-corrected chi connectivity index (χ0v) is 15.3. The molecule has 0 aliphatic rings. The lowest BCUT2D eigenvalue weighted by Crippen LogP contribution is -2.19. The molecule has 0 unspecified atom stereocenters. The SMILES string of the molecule is Nc1cc(Oc2ccc(NC(=O)Nc3ccc(Cl)c(C(F)(F)F)c3)cc2)ncn1. The van der Waals surface area contributed by atoms with Gasteiger partial charge in [-0.3, -0.25) is 0 Å². The van der Waals surface area contributed by atoms with Crippen LogP contribution in [0.2, 0.25) is 5.02 Å². The van der Waals surface area contributed by atoms with E-state index < -0.39 is 22.8 Å². The summed E-state index contributed by atoms with van der Waals surface area (Å²) in [5.41, 5.74) is 4.84. The molecule has 0 fully saturated rings. The molecular weight excluding hydrogens is 411 g/mol. The van der Waals surface area contributed by atoms with Crippen molar-refractivity contribution in [2.75, 3.05) is 16.4 Å². The summed E-state index contributed by atoms with van der Waals surface area (Å²) >= 11 is 5.55. The second-order valence-electron chi connectivity index (χ2n) is 5.68. The summed E-state index contributed by atoms with van der Waals surface area (Å²) in [7, 11) is 0. The van der Waals surface area contributed by atoms with Crippen LogP contribution >= 0.6 is 11.6 Å². The molecule has 2 aromatic carbocycles. The van der Waals surface area contributed by atoms with E-state index in [1.54, 1.807) is 24.3 Å². The molecule has 3 aromatic rings. The van der Waals surface area contributed by atoms with E-state index in [4.69, 9.17) is 22.1 Å². The molecule has 0 saturated carbocycles. The lowest BCUT2D eigenvalue weighted by molar-refractivity contribution is -0.137. The number of amides is 2. The number of alkyl halides is 3. The first-order valence-electron chi connectivity index (χ1n) is 8.01. The van der Waals surface area contributed by atoms with Crippen LogP contribution in [0.25, 0.3) is 0 Å². The van der Waals surface area contributed by atoms with E-state index in [0.717, 1.165) is 12.1 Å². The summed E-state index contributed by atoms with van der Waals surface area (Å²) in [6, 6.07) is 10.0. The number of nitrogen functional groups attached to an aromatic ring is 1. The quantitative estimate of drug-likeness (QED) is 0.537. The smallest absolute Gasteiger partial charge is 0.417 e. The first-order valence-corrected chi connectivity index (χ1v) is 8.39. The van der Waals surface area contributed by atoms with Gasteiger partial charge in [0.1, 0.15) is 17.9 Å². The number of anilines is 3. The Kier molecular flexibility index (Phi) is 5.74. The van der Waals surface area contributed by atoms with Crippen LogP contribution in [0.1, 0.15) is 5.56 Å². The van der Waals surface area contributed by atoms with E-state index in [0.29, 0.717) is 11.4 Å². The minimum Gasteiger partial charge on any atom is -0.439 e. The Bertz CT molecular complexity index is 1030. The van der Waals surface area contributed by atoms with Gasteiger partial charge in [0.2, 0.25) is 5.88 Å². The number of rotatable bonds is 4. The lowest BCUT2D eigenvalue weighted by Gasteiger charge is -2.12. The molecule has 7 nitrogen and oxygen atoms in total. The van der Waals surface area contributed by atoms with Crippen LogP contribution in [0.15, 0.2) is 54.9 Å². The summed E-state index contributed by atoms with van der Waals surface area (Å²) in [5.74, 6) is 0.932. The van der Waals surface area contributed by atoms with Crippen molar-refractivity contribution < 1.29 is 22.7 Å². The van der Waals surface area contributed by atoms with Crippen molar-refractivity contribution in [3.8, 4) is 11.6 Å². The molecule has 0 atom stereocenters. The molecule has 0 bridgehead atoms. The molecular formula is C18H13ClF3N5O2. The third-order valence-corrected chi connectivity index (χ3v) is 3.86. The molecule has 3 rings (SSSR count). The molecule has 150 valence electrons. The highest BCUT2D eigenvalue weighted by atomic mass is 35.5. The van der Waals surface area contributed by atoms with Gasteiger partial charge in [0.25, 0.3) is 0 Å². The number of hydrogen-bond acceptors (Lipinski definition) is 5. The topological polar surface area (TPSA) is 102 Å². The molecule has 2 amide bonds. The number of nitrogens with two attached hydrogens (primary N) is 1. The van der Waals surface area contributed by atoms with Crippen LogP contribution in [0.5, 0.6) is 11.6 Å². The van der Waals surface area contributed by atoms with E-state index in [9.17, 15) is 18.0 Å². The minimum absolute atomic E-state index is 0.0551. The number of nitrogens with one attached hydrogen (secondary N) is 2. The second-order valence-corrected chi connectivity index (χ2v) is 6.09. The number of nitrogens with zero attached hydrogens (tertiary/aromatic N) is 2. The number of benzene rings is 2. The summed E-state index contributed by atoms with van der Waals surface area (Å²) < 4.78 is 44.2. The number of carbonyl (C=O) groups excluding carboxylic acids is 1. The van der Waals surface area contributed by atoms with Gasteiger partial charge < -0.3 is 21.1 Å². The molecule has 1 aromatic heterocycles. The summed E-state index contributed by atoms with van der Waals surface area (Å²) in [6.07, 6.45) is -3.37. The van der Waals surface area contributed by atoms with Gasteiger partial charge in [-0.15, -0.1) is 0 Å². The van der Waals surface area contributed by atoms with Gasteiger partial charge in [-0.05, 0) is 42.5 Å². The minimum atomic E-state index is -4.63. The van der Waals surface area contributed by atoms with Crippen molar-refractivity contribution in [1.82, 2.24) is 9.97 Å². The predicted molar refractivity (Wildman–Crippen MR) is 102 cm³/mol. The van der Waals surface area contributed by atoms with E-state index >= 15 is 0 Å². The molecule has 0 saturated heterocycles. The van der Waals surface area contributed by atoms with Gasteiger partial charge in [-0.2, -0.15) is 13.2 Å². The van der Waals surface area contributed by atoms with E-state index in [1.165, 1.54) is 18.5 Å². The Morgan fingerprint density at radius 1 is 1.00 bits per heavy atom. The zero-order chi connectivity index (χ0) is 21.0. The fourth-order valence-electron chi connectivity index (χ4n) is 2.25. The first-order chi connectivity index (χ1) is 13.7. The second kappa shape index (κ2) is 8.23. The van der Waals surface area contributed by atoms with Gasteiger partial charge in [-0.1, -0.05) is 11.6 Å². The van der Waals surface area contributed by atoms with Crippen LogP contribution in [0.4, 0.5) is 35.2 Å². The molecule has 29 heavy (non-hydrogen) atoms. The number of hydrogen-bond donors (Lipinski definition) is 3. The molecule has 0 spiro atoms. The van der Waals surface area contributed by atoms with Gasteiger partial charge in [0.15, 0.2) is 0 Å². The van der Waals surface area contributed by atoms with Crippen molar-refractivity contribution in [2.24, 2.45) is 0 Å². The summed E-state index contributed by atoms with van der Waals surface area (Å²) in [6.45, 7) is 0. The van der Waals surface area contributed by atoms with Crippen molar-refractivity contribution in [1.29, 1.82) is 0 Å². The molecule has 11 heteroatoms. The van der Waals surface area contributed by atoms with Crippen LogP contribution in [-0.2, 0) is 6.18 Å². The summed E-state index contributed by atoms with van der Waals surface area (Å²) in [4.78, 5) is 19.7. The Morgan fingerprint density at radius 2 is 1.66 bits per heavy atom. The van der Waals surface area contributed by atoms with Crippen LogP contribution < -0.4 is 21.1 Å². The van der Waals surface area contributed by atoms with Crippen molar-refractivity contribution in [3.63, 3.8) is 0 Å². The average Bonchev–Trinajstić information content (AvgIpc) is 2.64. The first kappa shape index (κ1) is 20.2. The van der Waals surface area contributed by atoms with E-state index in [-0.39, 0.29) is 17.4 Å². The highest BCUT2D eigenvalue weighted by molar-refractivity contribution is 6.31. The fraction of sp³-hybridized carbons (Fsp3) is 0.0556. The van der Waals surface area contributed by atoms with Crippen molar-refractivity contribution in [2.45, 2.75) is 6.18 Å². The molecule has 0 aliphatic carbocycles. The number of halogens is 4. The average molecular weight is 424 g/mol. The molecule has 1 heterocycles. The highest BCUT2D eigenvalue weighted by Gasteiger charge is 2.33. The fourth-order valence-corrected chi connectivity index (χ4v) is 2.47. The molecule has 4 N–H and O–H groups in total. The number of aromatic nitrogens is 2. The summed E-state index contributed by atoms with van der Waals surface area (Å²) in [5, 5.41) is 4.36. The van der Waals surface area contributed by atoms with Crippen molar-refractivity contribution in [3.05, 3.63) is 65.4 Å². The van der Waals surface area contributed by atoms with Crippen LogP contribution in [0, 0.1) is 0 Å². The van der Waals surface area contributed by atoms with Gasteiger partial charge in [0.05, 0.1) is 10.6 Å². The Hall–Kier alpha value is -3.53. The van der Waals surface area contributed by atoms with E-state index in [2.05, 4.69) is 20.6 Å². The number of ether oxygens (including phenoxy) is 1.